The van der Waals surface area contributed by atoms with Crippen molar-refractivity contribution in [1.82, 2.24) is 24.5 Å². The summed E-state index contributed by atoms with van der Waals surface area (Å²) in [5, 5.41) is 0. The van der Waals surface area contributed by atoms with Crippen LogP contribution in [0.15, 0.2) is 24.3 Å². The van der Waals surface area contributed by atoms with Crippen molar-refractivity contribution in [2.24, 2.45) is 0 Å². The second kappa shape index (κ2) is 11.2. The highest BCUT2D eigenvalue weighted by Crippen LogP contribution is 2.19. The van der Waals surface area contributed by atoms with Crippen molar-refractivity contribution < 1.29 is 4.79 Å². The first-order chi connectivity index (χ1) is 14.5. The predicted molar refractivity (Wildman–Crippen MR) is 124 cm³/mol. The standard InChI is InChI=1S/C24H41N5O/c1-5-28-12-6-7-23(28)20-29(18-13-25(2)3)24(30)22-10-8-21(9-11-22)19-27-16-14-26(4)15-17-27/h8-11,23H,5-7,12-20H2,1-4H3. The lowest BCUT2D eigenvalue weighted by Crippen LogP contribution is -2.45. The third-order valence-electron chi connectivity index (χ3n) is 6.64. The Morgan fingerprint density at radius 1 is 1.03 bits per heavy atom. The number of carbonyl (C=O) groups is 1. The molecule has 168 valence electrons. The van der Waals surface area contributed by atoms with Crippen LogP contribution in [0.5, 0.6) is 0 Å². The van der Waals surface area contributed by atoms with Crippen molar-refractivity contribution in [3.8, 4) is 0 Å². The molecule has 0 spiro atoms. The van der Waals surface area contributed by atoms with E-state index in [1.165, 1.54) is 18.4 Å². The minimum atomic E-state index is 0.172. The molecule has 6 nitrogen and oxygen atoms in total. The molecule has 0 N–H and O–H groups in total. The Labute approximate surface area is 183 Å². The zero-order valence-corrected chi connectivity index (χ0v) is 19.5. The normalized spacial score (nSPS) is 21.4. The van der Waals surface area contributed by atoms with E-state index in [9.17, 15) is 4.79 Å². The SMILES string of the molecule is CCN1CCCC1CN(CCN(C)C)C(=O)c1ccc(CN2CCN(C)CC2)cc1. The van der Waals surface area contributed by atoms with Gasteiger partial charge in [0, 0.05) is 64.0 Å². The lowest BCUT2D eigenvalue weighted by atomic mass is 10.1. The van der Waals surface area contributed by atoms with Crippen LogP contribution in [0.2, 0.25) is 0 Å². The van der Waals surface area contributed by atoms with Crippen LogP contribution in [-0.2, 0) is 6.54 Å². The molecule has 0 radical (unpaired) electrons. The third-order valence-corrected chi connectivity index (χ3v) is 6.64. The summed E-state index contributed by atoms with van der Waals surface area (Å²) in [5.41, 5.74) is 2.11. The summed E-state index contributed by atoms with van der Waals surface area (Å²) in [6.07, 6.45) is 2.44. The molecule has 0 aromatic heterocycles. The molecule has 1 aromatic rings. The molecule has 0 saturated carbocycles. The number of benzene rings is 1. The fourth-order valence-corrected chi connectivity index (χ4v) is 4.57. The highest BCUT2D eigenvalue weighted by atomic mass is 16.2. The van der Waals surface area contributed by atoms with E-state index in [0.717, 1.165) is 71.0 Å². The molecule has 1 amide bonds. The highest BCUT2D eigenvalue weighted by molar-refractivity contribution is 5.94. The van der Waals surface area contributed by atoms with Crippen LogP contribution in [0.25, 0.3) is 0 Å². The Bertz CT molecular complexity index is 654. The van der Waals surface area contributed by atoms with Crippen molar-refractivity contribution >= 4 is 5.91 Å². The number of likely N-dealkylation sites (N-methyl/N-ethyl adjacent to an activating group) is 3. The molecule has 1 atom stereocenters. The van der Waals surface area contributed by atoms with Gasteiger partial charge < -0.3 is 14.7 Å². The number of likely N-dealkylation sites (tertiary alicyclic amines) is 1. The number of rotatable bonds is 9. The summed E-state index contributed by atoms with van der Waals surface area (Å²) < 4.78 is 0. The van der Waals surface area contributed by atoms with E-state index in [-0.39, 0.29) is 5.91 Å². The van der Waals surface area contributed by atoms with E-state index in [0.29, 0.717) is 6.04 Å². The van der Waals surface area contributed by atoms with Gasteiger partial charge >= 0.3 is 0 Å². The van der Waals surface area contributed by atoms with Gasteiger partial charge in [-0.3, -0.25) is 14.6 Å². The van der Waals surface area contributed by atoms with Gasteiger partial charge in [-0.05, 0) is 64.8 Å². The molecule has 2 aliphatic heterocycles. The zero-order valence-electron chi connectivity index (χ0n) is 19.5. The Balaban J connectivity index is 1.62. The molecule has 0 aliphatic carbocycles. The van der Waals surface area contributed by atoms with Crippen molar-refractivity contribution in [2.75, 3.05) is 80.0 Å². The summed E-state index contributed by atoms with van der Waals surface area (Å²) >= 11 is 0. The van der Waals surface area contributed by atoms with Gasteiger partial charge in [-0.15, -0.1) is 0 Å². The van der Waals surface area contributed by atoms with E-state index < -0.39 is 0 Å². The van der Waals surface area contributed by atoms with Gasteiger partial charge in [0.1, 0.15) is 0 Å². The van der Waals surface area contributed by atoms with E-state index in [4.69, 9.17) is 0 Å². The molecule has 0 bridgehead atoms. The average molecular weight is 416 g/mol. The number of carbonyl (C=O) groups excluding carboxylic acids is 1. The van der Waals surface area contributed by atoms with Crippen LogP contribution in [0.4, 0.5) is 0 Å². The zero-order chi connectivity index (χ0) is 21.5. The van der Waals surface area contributed by atoms with Gasteiger partial charge in [0.25, 0.3) is 5.91 Å². The van der Waals surface area contributed by atoms with Crippen LogP contribution < -0.4 is 0 Å². The second-order valence-corrected chi connectivity index (χ2v) is 9.26. The van der Waals surface area contributed by atoms with Crippen LogP contribution in [0, 0.1) is 0 Å². The monoisotopic (exact) mass is 415 g/mol. The maximum absolute atomic E-state index is 13.4. The van der Waals surface area contributed by atoms with Crippen molar-refractivity contribution in [3.05, 3.63) is 35.4 Å². The highest BCUT2D eigenvalue weighted by Gasteiger charge is 2.27. The molecular formula is C24H41N5O. The topological polar surface area (TPSA) is 33.3 Å². The Morgan fingerprint density at radius 2 is 1.73 bits per heavy atom. The molecule has 6 heteroatoms. The van der Waals surface area contributed by atoms with Gasteiger partial charge in [0.15, 0.2) is 0 Å². The van der Waals surface area contributed by atoms with Gasteiger partial charge in [-0.25, -0.2) is 0 Å². The first-order valence-corrected chi connectivity index (χ1v) is 11.6. The van der Waals surface area contributed by atoms with Crippen LogP contribution in [0.3, 0.4) is 0 Å². The lowest BCUT2D eigenvalue weighted by Gasteiger charge is -2.32. The predicted octanol–water partition coefficient (Wildman–Crippen LogP) is 1.92. The maximum Gasteiger partial charge on any atom is 0.253 e. The Hall–Kier alpha value is -1.47. The van der Waals surface area contributed by atoms with Gasteiger partial charge in [0.2, 0.25) is 0 Å². The van der Waals surface area contributed by atoms with Crippen molar-refractivity contribution in [1.29, 1.82) is 0 Å². The van der Waals surface area contributed by atoms with E-state index in [1.807, 2.05) is 12.1 Å². The smallest absolute Gasteiger partial charge is 0.253 e. The Kier molecular flexibility index (Phi) is 8.69. The number of hydrogen-bond donors (Lipinski definition) is 0. The molecule has 2 heterocycles. The number of nitrogens with zero attached hydrogens (tertiary/aromatic N) is 5. The number of hydrogen-bond acceptors (Lipinski definition) is 5. The molecule has 1 unspecified atom stereocenters. The summed E-state index contributed by atoms with van der Waals surface area (Å²) in [7, 11) is 6.33. The average Bonchev–Trinajstić information content (AvgIpc) is 3.20. The molecule has 2 fully saturated rings. The molecule has 2 saturated heterocycles. The van der Waals surface area contributed by atoms with Gasteiger partial charge in [-0.1, -0.05) is 19.1 Å². The van der Waals surface area contributed by atoms with Gasteiger partial charge in [-0.2, -0.15) is 0 Å². The molecular weight excluding hydrogens is 374 g/mol. The van der Waals surface area contributed by atoms with Crippen molar-refractivity contribution in [3.63, 3.8) is 0 Å². The minimum absolute atomic E-state index is 0.172. The lowest BCUT2D eigenvalue weighted by molar-refractivity contribution is 0.0694. The van der Waals surface area contributed by atoms with E-state index >= 15 is 0 Å². The summed E-state index contributed by atoms with van der Waals surface area (Å²) in [5.74, 6) is 0.172. The molecule has 30 heavy (non-hydrogen) atoms. The largest absolute Gasteiger partial charge is 0.336 e. The van der Waals surface area contributed by atoms with Gasteiger partial charge in [0.05, 0.1) is 0 Å². The maximum atomic E-state index is 13.4. The van der Waals surface area contributed by atoms with Crippen molar-refractivity contribution in [2.45, 2.75) is 32.4 Å². The third kappa shape index (κ3) is 6.51. The first-order valence-electron chi connectivity index (χ1n) is 11.6. The second-order valence-electron chi connectivity index (χ2n) is 9.26. The van der Waals surface area contributed by atoms with Crippen LogP contribution >= 0.6 is 0 Å². The first kappa shape index (κ1) is 23.2. The van der Waals surface area contributed by atoms with Crippen LogP contribution in [0.1, 0.15) is 35.7 Å². The molecule has 3 rings (SSSR count). The summed E-state index contributed by atoms with van der Waals surface area (Å²) in [4.78, 5) is 25.0. The minimum Gasteiger partial charge on any atom is -0.336 e. The number of amides is 1. The number of piperazine rings is 1. The summed E-state index contributed by atoms with van der Waals surface area (Å²) in [6.45, 7) is 12.4. The Morgan fingerprint density at radius 3 is 2.37 bits per heavy atom. The van der Waals surface area contributed by atoms with E-state index in [1.54, 1.807) is 0 Å². The quantitative estimate of drug-likeness (QED) is 0.616. The fraction of sp³-hybridized carbons (Fsp3) is 0.708. The fourth-order valence-electron chi connectivity index (χ4n) is 4.57. The van der Waals surface area contributed by atoms with Crippen LogP contribution in [-0.4, -0.2) is 116 Å². The summed E-state index contributed by atoms with van der Waals surface area (Å²) in [6, 6.07) is 8.84. The van der Waals surface area contributed by atoms with E-state index in [2.05, 4.69) is 64.7 Å². The molecule has 1 aromatic carbocycles. The molecule has 2 aliphatic rings.